The lowest BCUT2D eigenvalue weighted by atomic mass is 10.1. The van der Waals surface area contributed by atoms with Crippen molar-refractivity contribution in [3.05, 3.63) is 16.0 Å². The number of aromatic nitrogens is 2. The van der Waals surface area contributed by atoms with Crippen molar-refractivity contribution in [3.63, 3.8) is 0 Å². The molecule has 2 aromatic heterocycles. The summed E-state index contributed by atoms with van der Waals surface area (Å²) in [6.45, 7) is 5.64. The van der Waals surface area contributed by atoms with Crippen LogP contribution in [0.5, 0.6) is 0 Å². The molecule has 29 heavy (non-hydrogen) atoms. The number of carbonyl (C=O) groups is 3. The number of nitrogens with one attached hydrogen (secondary N) is 2. The minimum absolute atomic E-state index is 0.123. The number of thioether (sulfide) groups is 1. The number of anilines is 2. The number of hydrogen-bond acceptors (Lipinski definition) is 9. The molecule has 0 aromatic carbocycles. The number of amides is 2. The van der Waals surface area contributed by atoms with E-state index in [1.54, 1.807) is 20.8 Å². The normalized spacial score (nSPS) is 12.7. The Morgan fingerprint density at radius 2 is 1.97 bits per heavy atom. The van der Waals surface area contributed by atoms with Gasteiger partial charge in [-0.2, -0.15) is 0 Å². The molecule has 1 aliphatic rings. The molecule has 8 nitrogen and oxygen atoms in total. The van der Waals surface area contributed by atoms with Crippen molar-refractivity contribution in [2.24, 2.45) is 5.92 Å². The van der Waals surface area contributed by atoms with Crippen LogP contribution >= 0.6 is 34.4 Å². The Balaban J connectivity index is 1.60. The number of esters is 1. The topological polar surface area (TPSA) is 110 Å². The van der Waals surface area contributed by atoms with Gasteiger partial charge >= 0.3 is 5.97 Å². The highest BCUT2D eigenvalue weighted by Gasteiger charge is 2.28. The quantitative estimate of drug-likeness (QED) is 0.356. The first-order valence-electron chi connectivity index (χ1n) is 9.27. The van der Waals surface area contributed by atoms with E-state index in [4.69, 9.17) is 4.74 Å². The molecule has 0 fully saturated rings. The minimum atomic E-state index is -0.385. The molecule has 0 saturated heterocycles. The molecular weight excluding hydrogens is 432 g/mol. The van der Waals surface area contributed by atoms with E-state index in [0.717, 1.165) is 29.7 Å². The van der Waals surface area contributed by atoms with Crippen LogP contribution in [0.15, 0.2) is 4.34 Å². The van der Waals surface area contributed by atoms with Gasteiger partial charge in [-0.25, -0.2) is 4.79 Å². The van der Waals surface area contributed by atoms with E-state index in [1.165, 1.54) is 34.4 Å². The van der Waals surface area contributed by atoms with Crippen LogP contribution in [0.4, 0.5) is 10.1 Å². The Hall–Kier alpha value is -1.98. The second-order valence-corrected chi connectivity index (χ2v) is 9.94. The molecule has 0 bridgehead atoms. The monoisotopic (exact) mass is 454 g/mol. The molecule has 0 spiro atoms. The second kappa shape index (κ2) is 9.68. The Morgan fingerprint density at radius 1 is 1.17 bits per heavy atom. The van der Waals surface area contributed by atoms with E-state index in [9.17, 15) is 14.4 Å². The van der Waals surface area contributed by atoms with Crippen LogP contribution < -0.4 is 10.6 Å². The van der Waals surface area contributed by atoms with E-state index in [-0.39, 0.29) is 29.5 Å². The summed E-state index contributed by atoms with van der Waals surface area (Å²) >= 11 is 3.90. The van der Waals surface area contributed by atoms with Crippen LogP contribution in [0, 0.1) is 5.92 Å². The van der Waals surface area contributed by atoms with E-state index in [2.05, 4.69) is 20.8 Å². The predicted octanol–water partition coefficient (Wildman–Crippen LogP) is 3.59. The maximum atomic E-state index is 12.4. The molecular formula is C18H22N4O4S3. The van der Waals surface area contributed by atoms with Crippen LogP contribution in [0.3, 0.4) is 0 Å². The first kappa shape index (κ1) is 21.7. The molecule has 0 saturated carbocycles. The number of hydrogen-bond donors (Lipinski definition) is 2. The van der Waals surface area contributed by atoms with E-state index in [1.807, 2.05) is 0 Å². The average Bonchev–Trinajstić information content (AvgIpc) is 3.36. The predicted molar refractivity (Wildman–Crippen MR) is 115 cm³/mol. The number of aryl methyl sites for hydroxylation is 1. The molecule has 0 atom stereocenters. The van der Waals surface area contributed by atoms with Gasteiger partial charge in [0.15, 0.2) is 4.34 Å². The fraction of sp³-hybridized carbons (Fsp3) is 0.500. The first-order chi connectivity index (χ1) is 13.9. The number of rotatable bonds is 8. The molecule has 1 aliphatic carbocycles. The highest BCUT2D eigenvalue weighted by molar-refractivity contribution is 8.01. The largest absolute Gasteiger partial charge is 0.462 e. The Labute approximate surface area is 180 Å². The minimum Gasteiger partial charge on any atom is -0.462 e. The van der Waals surface area contributed by atoms with Crippen molar-refractivity contribution in [2.75, 3.05) is 23.0 Å². The maximum absolute atomic E-state index is 12.4. The third kappa shape index (κ3) is 5.34. The zero-order chi connectivity index (χ0) is 21.0. The van der Waals surface area contributed by atoms with Gasteiger partial charge in [0, 0.05) is 10.8 Å². The first-order valence-corrected chi connectivity index (χ1v) is 11.9. The lowest BCUT2D eigenvalue weighted by molar-refractivity contribution is -0.119. The summed E-state index contributed by atoms with van der Waals surface area (Å²) in [4.78, 5) is 37.6. The van der Waals surface area contributed by atoms with E-state index < -0.39 is 0 Å². The Kier molecular flexibility index (Phi) is 7.25. The fourth-order valence-electron chi connectivity index (χ4n) is 2.77. The summed E-state index contributed by atoms with van der Waals surface area (Å²) in [6.07, 6.45) is 2.78. The summed E-state index contributed by atoms with van der Waals surface area (Å²) < 4.78 is 5.76. The summed E-state index contributed by atoms with van der Waals surface area (Å²) in [5.41, 5.74) is 1.50. The van der Waals surface area contributed by atoms with Crippen LogP contribution in [0.25, 0.3) is 0 Å². The van der Waals surface area contributed by atoms with Gasteiger partial charge in [-0.05, 0) is 31.7 Å². The average molecular weight is 455 g/mol. The summed E-state index contributed by atoms with van der Waals surface area (Å²) in [5, 5.41) is 14.4. The van der Waals surface area contributed by atoms with Gasteiger partial charge in [-0.15, -0.1) is 21.5 Å². The molecule has 2 amide bonds. The molecule has 156 valence electrons. The molecule has 11 heteroatoms. The summed E-state index contributed by atoms with van der Waals surface area (Å²) in [7, 11) is 0. The molecule has 0 radical (unpaired) electrons. The molecule has 0 unspecified atom stereocenters. The van der Waals surface area contributed by atoms with Crippen molar-refractivity contribution >= 4 is 62.4 Å². The highest BCUT2D eigenvalue weighted by Crippen LogP contribution is 2.39. The zero-order valence-electron chi connectivity index (χ0n) is 16.4. The van der Waals surface area contributed by atoms with Crippen LogP contribution in [-0.4, -0.2) is 40.3 Å². The fourth-order valence-corrected chi connectivity index (χ4v) is 5.62. The van der Waals surface area contributed by atoms with Gasteiger partial charge in [-0.3, -0.25) is 9.59 Å². The Morgan fingerprint density at radius 3 is 2.69 bits per heavy atom. The van der Waals surface area contributed by atoms with Crippen molar-refractivity contribution in [2.45, 2.75) is 44.4 Å². The second-order valence-electron chi connectivity index (χ2n) is 6.64. The third-order valence-corrected chi connectivity index (χ3v) is 7.32. The van der Waals surface area contributed by atoms with Gasteiger partial charge in [0.1, 0.15) is 5.00 Å². The maximum Gasteiger partial charge on any atom is 0.341 e. The smallest absolute Gasteiger partial charge is 0.341 e. The van der Waals surface area contributed by atoms with Gasteiger partial charge in [0.25, 0.3) is 0 Å². The van der Waals surface area contributed by atoms with Gasteiger partial charge in [0.2, 0.25) is 16.9 Å². The number of ether oxygens (including phenoxy) is 1. The van der Waals surface area contributed by atoms with Crippen LogP contribution in [0.1, 0.15) is 48.0 Å². The van der Waals surface area contributed by atoms with E-state index in [0.29, 0.717) is 26.6 Å². The summed E-state index contributed by atoms with van der Waals surface area (Å²) in [5.74, 6) is -0.778. The lowest BCUT2D eigenvalue weighted by Gasteiger charge is -2.07. The van der Waals surface area contributed by atoms with Crippen molar-refractivity contribution in [3.8, 4) is 0 Å². The summed E-state index contributed by atoms with van der Waals surface area (Å²) in [6, 6.07) is 0. The van der Waals surface area contributed by atoms with Gasteiger partial charge < -0.3 is 15.4 Å². The van der Waals surface area contributed by atoms with E-state index >= 15 is 0 Å². The third-order valence-electron chi connectivity index (χ3n) is 4.14. The lowest BCUT2D eigenvalue weighted by Crippen LogP contribution is -2.17. The SMILES string of the molecule is CCOC(=O)c1c(NC(=O)CSc2nnc(NC(=O)C(C)C)s2)sc2c1CCC2. The zero-order valence-corrected chi connectivity index (χ0v) is 18.8. The van der Waals surface area contributed by atoms with Gasteiger partial charge in [0.05, 0.1) is 17.9 Å². The molecule has 2 heterocycles. The molecule has 2 aromatic rings. The standard InChI is InChI=1S/C18H22N4O4S3/c1-4-26-16(25)13-10-6-5-7-11(10)28-15(13)19-12(23)8-27-18-22-21-17(29-18)20-14(24)9(2)3/h9H,4-8H2,1-3H3,(H,19,23)(H,20,21,24). The Bertz CT molecular complexity index is 922. The van der Waals surface area contributed by atoms with Crippen LogP contribution in [-0.2, 0) is 27.2 Å². The molecule has 0 aliphatic heterocycles. The highest BCUT2D eigenvalue weighted by atomic mass is 32.2. The number of nitrogens with zero attached hydrogens (tertiary/aromatic N) is 2. The number of thiophene rings is 1. The van der Waals surface area contributed by atoms with Crippen molar-refractivity contribution in [1.29, 1.82) is 0 Å². The van der Waals surface area contributed by atoms with Gasteiger partial charge in [-0.1, -0.05) is 36.9 Å². The van der Waals surface area contributed by atoms with Crippen LogP contribution in [0.2, 0.25) is 0 Å². The number of fused-ring (bicyclic) bond motifs is 1. The van der Waals surface area contributed by atoms with Crippen molar-refractivity contribution in [1.82, 2.24) is 10.2 Å². The number of carbonyl (C=O) groups excluding carboxylic acids is 3. The molecule has 3 rings (SSSR count). The molecule has 2 N–H and O–H groups in total. The van der Waals surface area contributed by atoms with Crippen molar-refractivity contribution < 1.29 is 19.1 Å².